The minimum Gasteiger partial charge on any atom is -0.480 e. The normalized spacial score (nSPS) is 12.9. The maximum atomic E-state index is 13.0. The molecule has 0 aliphatic rings. The molecule has 1 aromatic carbocycles. The van der Waals surface area contributed by atoms with E-state index in [1.165, 1.54) is 6.92 Å². The van der Waals surface area contributed by atoms with E-state index >= 15 is 0 Å². The second-order valence-electron chi connectivity index (χ2n) is 12.3. The number of carbonyl (C=O) groups excluding carboxylic acids is 7. The molecular weight excluding hydrogens is 724 g/mol. The Labute approximate surface area is 315 Å². The standard InChI is InChI=1S/C33H50N12O10/c1-18(47)42-22(8-4-10-34)29(51)39-14-26(48)43-23(9-5-11-37-33(35)36)30(52)40-16-28(50)45-25(17-46)31(53)41-15-27(49)44-24(32(54)55)12-19-13-38-21-7-3-2-6-20(19)21/h2-3,6-7,13,22-25,38,46H,4-5,8-12,14-17,34H2,1H3,(H,39,51)(H,40,52)(H,41,53)(H,42,47)(H,43,48)(H,44,49)(H,45,50)(H,54,55)(H4,35,36,37). The van der Waals surface area contributed by atoms with E-state index in [-0.39, 0.29) is 44.7 Å². The molecule has 2 aromatic rings. The summed E-state index contributed by atoms with van der Waals surface area (Å²) in [6.45, 7) is -1.17. The molecule has 0 fully saturated rings. The predicted molar refractivity (Wildman–Crippen MR) is 197 cm³/mol. The van der Waals surface area contributed by atoms with Gasteiger partial charge in [0.25, 0.3) is 0 Å². The van der Waals surface area contributed by atoms with Gasteiger partial charge < -0.3 is 69.2 Å². The molecule has 0 saturated heterocycles. The number of fused-ring (bicyclic) bond motifs is 1. The van der Waals surface area contributed by atoms with Crippen LogP contribution in [0.5, 0.6) is 0 Å². The first-order valence-electron chi connectivity index (χ1n) is 17.3. The molecule has 302 valence electrons. The van der Waals surface area contributed by atoms with Crippen molar-refractivity contribution in [1.29, 1.82) is 5.41 Å². The van der Waals surface area contributed by atoms with Crippen LogP contribution in [0.2, 0.25) is 0 Å². The number of aliphatic hydroxyl groups is 1. The lowest BCUT2D eigenvalue weighted by Gasteiger charge is -2.21. The van der Waals surface area contributed by atoms with Crippen molar-refractivity contribution in [2.24, 2.45) is 11.5 Å². The maximum Gasteiger partial charge on any atom is 0.326 e. The first kappa shape index (κ1) is 44.9. The van der Waals surface area contributed by atoms with Crippen LogP contribution in [-0.4, -0.2) is 132 Å². The molecule has 16 N–H and O–H groups in total. The van der Waals surface area contributed by atoms with Gasteiger partial charge in [0.1, 0.15) is 24.2 Å². The molecule has 1 heterocycles. The van der Waals surface area contributed by atoms with Crippen molar-refractivity contribution in [3.8, 4) is 0 Å². The summed E-state index contributed by atoms with van der Waals surface area (Å²) in [5.41, 5.74) is 12.2. The number of benzene rings is 1. The van der Waals surface area contributed by atoms with E-state index in [1.807, 2.05) is 12.1 Å². The highest BCUT2D eigenvalue weighted by Crippen LogP contribution is 2.19. The lowest BCUT2D eigenvalue weighted by atomic mass is 10.0. The van der Waals surface area contributed by atoms with Gasteiger partial charge in [-0.1, -0.05) is 18.2 Å². The summed E-state index contributed by atoms with van der Waals surface area (Å²) < 4.78 is 0. The molecule has 0 spiro atoms. The summed E-state index contributed by atoms with van der Waals surface area (Å²) in [5.74, 6) is -7.06. The number of aromatic nitrogens is 1. The Morgan fingerprint density at radius 2 is 1.25 bits per heavy atom. The molecule has 22 heteroatoms. The van der Waals surface area contributed by atoms with E-state index in [0.29, 0.717) is 12.0 Å². The van der Waals surface area contributed by atoms with E-state index in [4.69, 9.17) is 16.9 Å². The third-order valence-corrected chi connectivity index (χ3v) is 7.86. The zero-order valence-electron chi connectivity index (χ0n) is 30.3. The Kier molecular flexibility index (Phi) is 19.1. The zero-order chi connectivity index (χ0) is 40.9. The largest absolute Gasteiger partial charge is 0.480 e. The molecule has 1 aromatic heterocycles. The van der Waals surface area contributed by atoms with Gasteiger partial charge >= 0.3 is 5.97 Å². The van der Waals surface area contributed by atoms with Crippen LogP contribution in [0, 0.1) is 5.41 Å². The van der Waals surface area contributed by atoms with E-state index in [9.17, 15) is 48.6 Å². The SMILES string of the molecule is CC(=O)NC(CCCN)C(=O)NCC(=O)NC(CCCNC(=N)N)C(=O)NCC(=O)NC(CO)C(=O)NCC(=O)NC(Cc1c[nH]c2ccccc12)C(=O)O. The van der Waals surface area contributed by atoms with E-state index < -0.39 is 97.7 Å². The number of amides is 7. The third kappa shape index (κ3) is 16.5. The van der Waals surface area contributed by atoms with Gasteiger partial charge in [-0.3, -0.25) is 39.0 Å². The number of aliphatic carboxylic acids is 1. The van der Waals surface area contributed by atoms with Gasteiger partial charge in [0.05, 0.1) is 26.2 Å². The number of guanidine groups is 1. The highest BCUT2D eigenvalue weighted by atomic mass is 16.4. The van der Waals surface area contributed by atoms with Gasteiger partial charge in [0.15, 0.2) is 5.96 Å². The van der Waals surface area contributed by atoms with Crippen molar-refractivity contribution < 1.29 is 48.6 Å². The lowest BCUT2D eigenvalue weighted by Crippen LogP contribution is -2.55. The summed E-state index contributed by atoms with van der Waals surface area (Å²) in [6.07, 6.45) is 2.49. The Morgan fingerprint density at radius 1 is 0.745 bits per heavy atom. The molecule has 7 amide bonds. The van der Waals surface area contributed by atoms with E-state index in [0.717, 1.165) is 10.9 Å². The second kappa shape index (κ2) is 23.4. The fourth-order valence-corrected chi connectivity index (χ4v) is 5.16. The van der Waals surface area contributed by atoms with Gasteiger partial charge in [-0.25, -0.2) is 4.79 Å². The van der Waals surface area contributed by atoms with Crippen LogP contribution in [0.4, 0.5) is 0 Å². The van der Waals surface area contributed by atoms with Crippen molar-refractivity contribution in [3.05, 3.63) is 36.0 Å². The first-order chi connectivity index (χ1) is 26.1. The monoisotopic (exact) mass is 774 g/mol. The van der Waals surface area contributed by atoms with Crippen molar-refractivity contribution in [2.45, 2.75) is 63.2 Å². The van der Waals surface area contributed by atoms with Crippen LogP contribution in [0.1, 0.15) is 38.2 Å². The predicted octanol–water partition coefficient (Wildman–Crippen LogP) is -4.90. The number of para-hydroxylation sites is 1. The Bertz CT molecular complexity index is 1680. The summed E-state index contributed by atoms with van der Waals surface area (Å²) in [7, 11) is 0. The third-order valence-electron chi connectivity index (χ3n) is 7.86. The molecule has 0 bridgehead atoms. The Balaban J connectivity index is 1.90. The molecule has 22 nitrogen and oxygen atoms in total. The average molecular weight is 775 g/mol. The van der Waals surface area contributed by atoms with E-state index in [1.54, 1.807) is 18.3 Å². The number of carboxylic acid groups (broad SMARTS) is 1. The topological polar surface area (TPSA) is 365 Å². The number of carbonyl (C=O) groups is 8. The lowest BCUT2D eigenvalue weighted by molar-refractivity contribution is -0.141. The summed E-state index contributed by atoms with van der Waals surface area (Å²) in [5, 5.41) is 46.3. The maximum absolute atomic E-state index is 13.0. The molecule has 0 aliphatic carbocycles. The smallest absolute Gasteiger partial charge is 0.326 e. The molecular formula is C33H50N12O10. The number of H-pyrrole nitrogens is 1. The van der Waals surface area contributed by atoms with Crippen molar-refractivity contribution in [2.75, 3.05) is 39.3 Å². The van der Waals surface area contributed by atoms with Crippen LogP contribution in [0.3, 0.4) is 0 Å². The minimum atomic E-state index is -1.55. The molecule has 0 radical (unpaired) electrons. The number of nitrogens with one attached hydrogen (secondary N) is 10. The molecule has 0 saturated carbocycles. The number of rotatable bonds is 24. The quantitative estimate of drug-likeness (QED) is 0.0271. The summed E-state index contributed by atoms with van der Waals surface area (Å²) in [4.78, 5) is 102. The van der Waals surface area contributed by atoms with Crippen molar-refractivity contribution >= 4 is 64.2 Å². The number of aromatic amines is 1. The number of nitrogens with two attached hydrogens (primary N) is 2. The highest BCUT2D eigenvalue weighted by molar-refractivity contribution is 5.95. The summed E-state index contributed by atoms with van der Waals surface area (Å²) in [6, 6.07) is 2.17. The first-order valence-corrected chi connectivity index (χ1v) is 17.3. The fraction of sp³-hybridized carbons (Fsp3) is 0.485. The molecule has 2 rings (SSSR count). The number of aliphatic hydroxyl groups excluding tert-OH is 1. The Hall–Kier alpha value is -6.29. The molecule has 4 atom stereocenters. The second-order valence-corrected chi connectivity index (χ2v) is 12.3. The minimum absolute atomic E-state index is 0.00663. The Morgan fingerprint density at radius 3 is 1.78 bits per heavy atom. The van der Waals surface area contributed by atoms with Gasteiger partial charge in [-0.2, -0.15) is 0 Å². The van der Waals surface area contributed by atoms with Gasteiger partial charge in [0, 0.05) is 37.0 Å². The zero-order valence-corrected chi connectivity index (χ0v) is 30.3. The van der Waals surface area contributed by atoms with Gasteiger partial charge in [0.2, 0.25) is 41.4 Å². The molecule has 0 aliphatic heterocycles. The van der Waals surface area contributed by atoms with Crippen LogP contribution < -0.4 is 54.0 Å². The molecule has 4 unspecified atom stereocenters. The average Bonchev–Trinajstić information content (AvgIpc) is 3.55. The number of carboxylic acids is 1. The fourth-order valence-electron chi connectivity index (χ4n) is 5.16. The number of hydrogen-bond acceptors (Lipinski definition) is 11. The van der Waals surface area contributed by atoms with E-state index in [2.05, 4.69) is 47.5 Å². The van der Waals surface area contributed by atoms with Crippen molar-refractivity contribution in [1.82, 2.24) is 47.5 Å². The number of hydrogen-bond donors (Lipinski definition) is 14. The summed E-state index contributed by atoms with van der Waals surface area (Å²) >= 11 is 0. The van der Waals surface area contributed by atoms with Crippen LogP contribution >= 0.6 is 0 Å². The van der Waals surface area contributed by atoms with Crippen LogP contribution in [0.25, 0.3) is 10.9 Å². The van der Waals surface area contributed by atoms with Crippen LogP contribution in [0.15, 0.2) is 30.5 Å². The van der Waals surface area contributed by atoms with Crippen molar-refractivity contribution in [3.63, 3.8) is 0 Å². The highest BCUT2D eigenvalue weighted by Gasteiger charge is 2.26. The molecule has 55 heavy (non-hydrogen) atoms. The van der Waals surface area contributed by atoms with Gasteiger partial charge in [-0.15, -0.1) is 0 Å². The van der Waals surface area contributed by atoms with Gasteiger partial charge in [-0.05, 0) is 43.9 Å². The van der Waals surface area contributed by atoms with Crippen LogP contribution in [-0.2, 0) is 44.8 Å².